The molecule has 0 saturated heterocycles. The third kappa shape index (κ3) is 8.73. The molecule has 2 aromatic carbocycles. The van der Waals surface area contributed by atoms with Gasteiger partial charge in [0, 0.05) is 28.0 Å². The van der Waals surface area contributed by atoms with Crippen LogP contribution in [0, 0.1) is 6.92 Å². The van der Waals surface area contributed by atoms with Crippen molar-refractivity contribution in [2.75, 3.05) is 11.9 Å². The Morgan fingerprint density at radius 2 is 1.75 bits per heavy atom. The minimum atomic E-state index is -0.511. The Bertz CT molecular complexity index is 1040. The fourth-order valence-electron chi connectivity index (χ4n) is 2.30. The number of hydrazine groups is 1. The van der Waals surface area contributed by atoms with Gasteiger partial charge in [-0.2, -0.15) is 0 Å². The lowest BCUT2D eigenvalue weighted by Crippen LogP contribution is -2.49. The maximum Gasteiger partial charge on any atom is 0.264 e. The number of anilines is 1. The molecule has 0 radical (unpaired) electrons. The van der Waals surface area contributed by atoms with E-state index in [1.807, 2.05) is 0 Å². The summed E-state index contributed by atoms with van der Waals surface area (Å²) in [5, 5.41) is 5.50. The molecule has 2 rings (SSSR count). The normalized spacial score (nSPS) is 10.1. The van der Waals surface area contributed by atoms with Gasteiger partial charge in [0.05, 0.1) is 4.47 Å². The molecule has 8 nitrogen and oxygen atoms in total. The molecule has 0 aliphatic rings. The number of carbonyl (C=O) groups is 3. The van der Waals surface area contributed by atoms with Crippen LogP contribution in [0.15, 0.2) is 45.3 Å². The summed E-state index contributed by atoms with van der Waals surface area (Å²) in [6, 6.07) is 10.4. The summed E-state index contributed by atoms with van der Waals surface area (Å²) in [7, 11) is 0. The fraction of sp³-hybridized carbons (Fsp3) is 0.200. The van der Waals surface area contributed by atoms with Crippen LogP contribution in [-0.4, -0.2) is 29.4 Å². The minimum Gasteiger partial charge on any atom is -0.483 e. The molecule has 0 atom stereocenters. The molecule has 0 spiro atoms. The summed E-state index contributed by atoms with van der Waals surface area (Å²) in [6.45, 7) is 1.51. The van der Waals surface area contributed by atoms with Gasteiger partial charge in [-0.25, -0.2) is 0 Å². The average molecular weight is 607 g/mol. The SMILES string of the molecule is Cc1c(Cl)cccc1NC(=O)CCC(=O)NNC(=S)NC(=O)COc1ccc(Br)cc1Br. The molecule has 0 aromatic heterocycles. The van der Waals surface area contributed by atoms with E-state index in [1.165, 1.54) is 0 Å². The summed E-state index contributed by atoms with van der Waals surface area (Å²) in [4.78, 5) is 35.9. The second kappa shape index (κ2) is 12.7. The summed E-state index contributed by atoms with van der Waals surface area (Å²) >= 11 is 17.6. The molecule has 0 heterocycles. The van der Waals surface area contributed by atoms with E-state index in [9.17, 15) is 14.4 Å². The van der Waals surface area contributed by atoms with Crippen LogP contribution in [0.3, 0.4) is 0 Å². The summed E-state index contributed by atoms with van der Waals surface area (Å²) in [5.74, 6) is -0.836. The Morgan fingerprint density at radius 1 is 1.03 bits per heavy atom. The van der Waals surface area contributed by atoms with E-state index >= 15 is 0 Å². The quantitative estimate of drug-likeness (QED) is 0.281. The Morgan fingerprint density at radius 3 is 2.47 bits per heavy atom. The maximum absolute atomic E-state index is 12.0. The van der Waals surface area contributed by atoms with Crippen LogP contribution >= 0.6 is 55.7 Å². The van der Waals surface area contributed by atoms with Crippen molar-refractivity contribution >= 4 is 84.2 Å². The van der Waals surface area contributed by atoms with Gasteiger partial charge in [-0.3, -0.25) is 30.6 Å². The fourth-order valence-corrected chi connectivity index (χ4v) is 3.80. The smallest absolute Gasteiger partial charge is 0.264 e. The number of benzene rings is 2. The zero-order chi connectivity index (χ0) is 23.7. The topological polar surface area (TPSA) is 109 Å². The third-order valence-corrected chi connectivity index (χ3v) is 5.67. The minimum absolute atomic E-state index is 0.0471. The van der Waals surface area contributed by atoms with Crippen LogP contribution in [0.25, 0.3) is 0 Å². The second-order valence-corrected chi connectivity index (χ2v) is 8.96. The van der Waals surface area contributed by atoms with Crippen LogP contribution in [0.4, 0.5) is 5.69 Å². The number of hydrogen-bond acceptors (Lipinski definition) is 5. The largest absolute Gasteiger partial charge is 0.483 e. The van der Waals surface area contributed by atoms with Crippen LogP contribution in [-0.2, 0) is 14.4 Å². The highest BCUT2D eigenvalue weighted by Crippen LogP contribution is 2.28. The van der Waals surface area contributed by atoms with Crippen LogP contribution in [0.5, 0.6) is 5.75 Å². The van der Waals surface area contributed by atoms with Crippen molar-refractivity contribution < 1.29 is 19.1 Å². The first-order chi connectivity index (χ1) is 15.2. The molecule has 2 aromatic rings. The molecule has 170 valence electrons. The zero-order valence-electron chi connectivity index (χ0n) is 16.8. The molecule has 12 heteroatoms. The monoisotopic (exact) mass is 604 g/mol. The molecule has 3 amide bonds. The summed E-state index contributed by atoms with van der Waals surface area (Å²) < 4.78 is 6.95. The first-order valence-corrected chi connectivity index (χ1v) is 11.5. The molecular weight excluding hydrogens is 588 g/mol. The highest BCUT2D eigenvalue weighted by molar-refractivity contribution is 9.11. The molecule has 0 unspecified atom stereocenters. The standard InChI is InChI=1S/C20H19Br2ClN4O4S/c1-11-14(23)3-2-4-15(11)24-17(28)7-8-18(29)26-27-20(32)25-19(30)10-31-16-6-5-12(21)9-13(16)22/h2-6,9H,7-8,10H2,1H3,(H,24,28)(H,26,29)(H2,25,27,30,32). The van der Waals surface area contributed by atoms with Gasteiger partial charge in [0.15, 0.2) is 11.7 Å². The molecular formula is C20H19Br2ClN4O4S. The van der Waals surface area contributed by atoms with E-state index in [1.54, 1.807) is 43.3 Å². The van der Waals surface area contributed by atoms with Gasteiger partial charge >= 0.3 is 0 Å². The first kappa shape index (κ1) is 26.0. The van der Waals surface area contributed by atoms with Gasteiger partial charge in [-0.1, -0.05) is 33.6 Å². The number of hydrogen-bond donors (Lipinski definition) is 4. The maximum atomic E-state index is 12.0. The second-order valence-electron chi connectivity index (χ2n) is 6.37. The third-order valence-electron chi connectivity index (χ3n) is 3.94. The lowest BCUT2D eigenvalue weighted by atomic mass is 10.2. The Labute approximate surface area is 212 Å². The lowest BCUT2D eigenvalue weighted by Gasteiger charge is -2.12. The van der Waals surface area contributed by atoms with Gasteiger partial charge < -0.3 is 10.1 Å². The van der Waals surface area contributed by atoms with Gasteiger partial charge in [0.1, 0.15) is 5.75 Å². The van der Waals surface area contributed by atoms with Gasteiger partial charge in [0.25, 0.3) is 5.91 Å². The van der Waals surface area contributed by atoms with Crippen molar-refractivity contribution in [3.05, 3.63) is 55.9 Å². The molecule has 4 N–H and O–H groups in total. The summed E-state index contributed by atoms with van der Waals surface area (Å²) in [5.41, 5.74) is 6.04. The van der Waals surface area contributed by atoms with Gasteiger partial charge in [-0.05, 0) is 71.0 Å². The van der Waals surface area contributed by atoms with Crippen LogP contribution in [0.2, 0.25) is 5.02 Å². The van der Waals surface area contributed by atoms with Crippen molar-refractivity contribution in [1.82, 2.24) is 16.2 Å². The van der Waals surface area contributed by atoms with Crippen molar-refractivity contribution in [2.45, 2.75) is 19.8 Å². The van der Waals surface area contributed by atoms with Crippen molar-refractivity contribution in [3.8, 4) is 5.75 Å². The molecule has 0 aliphatic carbocycles. The van der Waals surface area contributed by atoms with Crippen LogP contribution < -0.4 is 26.2 Å². The lowest BCUT2D eigenvalue weighted by molar-refractivity contribution is -0.125. The number of ether oxygens (including phenoxy) is 1. The zero-order valence-corrected chi connectivity index (χ0v) is 21.5. The number of thiocarbonyl (C=S) groups is 1. The van der Waals surface area contributed by atoms with Crippen molar-refractivity contribution in [2.24, 2.45) is 0 Å². The predicted octanol–water partition coefficient (Wildman–Crippen LogP) is 3.99. The van der Waals surface area contributed by atoms with Gasteiger partial charge in [-0.15, -0.1) is 0 Å². The van der Waals surface area contributed by atoms with Crippen molar-refractivity contribution in [3.63, 3.8) is 0 Å². The number of rotatable bonds is 7. The highest BCUT2D eigenvalue weighted by atomic mass is 79.9. The molecule has 0 saturated carbocycles. The predicted molar refractivity (Wildman–Crippen MR) is 133 cm³/mol. The number of nitrogens with one attached hydrogen (secondary N) is 4. The van der Waals surface area contributed by atoms with E-state index in [2.05, 4.69) is 53.3 Å². The first-order valence-electron chi connectivity index (χ1n) is 9.17. The number of carbonyl (C=O) groups excluding carboxylic acids is 3. The molecule has 32 heavy (non-hydrogen) atoms. The number of amides is 3. The Balaban J connectivity index is 1.66. The highest BCUT2D eigenvalue weighted by Gasteiger charge is 2.11. The van der Waals surface area contributed by atoms with E-state index in [4.69, 9.17) is 28.6 Å². The number of halogens is 3. The summed E-state index contributed by atoms with van der Waals surface area (Å²) in [6.07, 6.45) is -0.135. The molecule has 0 fully saturated rings. The van der Waals surface area contributed by atoms with E-state index in [-0.39, 0.29) is 30.5 Å². The molecule has 0 aliphatic heterocycles. The Kier molecular flexibility index (Phi) is 10.4. The van der Waals surface area contributed by atoms with Crippen LogP contribution in [0.1, 0.15) is 18.4 Å². The van der Waals surface area contributed by atoms with Gasteiger partial charge in [0.2, 0.25) is 11.8 Å². The average Bonchev–Trinajstić information content (AvgIpc) is 2.73. The van der Waals surface area contributed by atoms with E-state index in [0.29, 0.717) is 20.9 Å². The van der Waals surface area contributed by atoms with E-state index < -0.39 is 11.8 Å². The molecule has 0 bridgehead atoms. The Hall–Kier alpha value is -2.21. The van der Waals surface area contributed by atoms with Crippen molar-refractivity contribution in [1.29, 1.82) is 0 Å². The van der Waals surface area contributed by atoms with E-state index in [0.717, 1.165) is 10.0 Å².